The molecule has 0 saturated carbocycles. The van der Waals surface area contributed by atoms with Crippen LogP contribution in [0.1, 0.15) is 39.5 Å². The fourth-order valence-electron chi connectivity index (χ4n) is 2.27. The maximum absolute atomic E-state index is 12.3. The first kappa shape index (κ1) is 17.9. The van der Waals surface area contributed by atoms with Crippen molar-refractivity contribution in [2.75, 3.05) is 13.2 Å². The molecule has 0 aromatic carbocycles. The molecule has 0 radical (unpaired) electrons. The lowest BCUT2D eigenvalue weighted by Gasteiger charge is -2.24. The van der Waals surface area contributed by atoms with Crippen LogP contribution in [0.3, 0.4) is 0 Å². The quantitative estimate of drug-likeness (QED) is 0.613. The van der Waals surface area contributed by atoms with Gasteiger partial charge in [0, 0.05) is 6.54 Å². The molecule has 1 unspecified atom stereocenters. The number of nitrogens with one attached hydrogen (secondary N) is 1. The Kier molecular flexibility index (Phi) is 6.56. The first-order chi connectivity index (χ1) is 9.83. The van der Waals surface area contributed by atoms with E-state index in [4.69, 9.17) is 9.84 Å². The number of ether oxygens (including phenoxy) is 1. The van der Waals surface area contributed by atoms with Crippen LogP contribution in [0.25, 0.3) is 0 Å². The van der Waals surface area contributed by atoms with Crippen molar-refractivity contribution in [1.29, 1.82) is 0 Å². The van der Waals surface area contributed by atoms with Gasteiger partial charge in [-0.05, 0) is 26.2 Å². The second kappa shape index (κ2) is 7.71. The molecule has 21 heavy (non-hydrogen) atoms. The van der Waals surface area contributed by atoms with Crippen molar-refractivity contribution in [3.05, 3.63) is 0 Å². The fourth-order valence-corrected chi connectivity index (χ4v) is 3.88. The maximum atomic E-state index is 12.3. The van der Waals surface area contributed by atoms with Crippen molar-refractivity contribution >= 4 is 22.1 Å². The molecule has 8 nitrogen and oxygen atoms in total. The summed E-state index contributed by atoms with van der Waals surface area (Å²) >= 11 is 0. The zero-order valence-electron chi connectivity index (χ0n) is 12.2. The van der Waals surface area contributed by atoms with Crippen LogP contribution in [0, 0.1) is 0 Å². The van der Waals surface area contributed by atoms with Crippen molar-refractivity contribution < 1.29 is 27.9 Å². The summed E-state index contributed by atoms with van der Waals surface area (Å²) in [5.74, 6) is -1.82. The molecule has 1 rings (SSSR count). The number of rotatable bonds is 8. The fraction of sp³-hybridized carbons (Fsp3) is 0.833. The maximum Gasteiger partial charge on any atom is 0.324 e. The first-order valence-electron chi connectivity index (χ1n) is 7.02. The molecule has 1 aliphatic heterocycles. The van der Waals surface area contributed by atoms with Gasteiger partial charge in [0.2, 0.25) is 0 Å². The monoisotopic (exact) mass is 322 g/mol. The number of aliphatic carboxylic acids is 1. The van der Waals surface area contributed by atoms with Gasteiger partial charge in [-0.3, -0.25) is 9.59 Å². The SMILES string of the molecule is CCC[C@H](NS(=O)(=O)N1CCCC1C(=O)OCC)C(=O)O. The van der Waals surface area contributed by atoms with Gasteiger partial charge in [0.1, 0.15) is 12.1 Å². The molecule has 1 aliphatic rings. The van der Waals surface area contributed by atoms with Crippen LogP contribution < -0.4 is 4.72 Å². The Morgan fingerprint density at radius 1 is 1.43 bits per heavy atom. The Morgan fingerprint density at radius 2 is 2.10 bits per heavy atom. The highest BCUT2D eigenvalue weighted by Crippen LogP contribution is 2.22. The third kappa shape index (κ3) is 4.65. The summed E-state index contributed by atoms with van der Waals surface area (Å²) < 4.78 is 32.6. The number of carboxylic acid groups (broad SMARTS) is 1. The molecule has 2 atom stereocenters. The van der Waals surface area contributed by atoms with Gasteiger partial charge in [0.05, 0.1) is 6.61 Å². The van der Waals surface area contributed by atoms with Gasteiger partial charge in [-0.15, -0.1) is 0 Å². The molecule has 9 heteroatoms. The lowest BCUT2D eigenvalue weighted by molar-refractivity contribution is -0.146. The van der Waals surface area contributed by atoms with Gasteiger partial charge in [-0.2, -0.15) is 17.4 Å². The minimum atomic E-state index is -4.04. The van der Waals surface area contributed by atoms with Crippen LogP contribution in [0.5, 0.6) is 0 Å². The highest BCUT2D eigenvalue weighted by Gasteiger charge is 2.41. The average Bonchev–Trinajstić information content (AvgIpc) is 2.88. The van der Waals surface area contributed by atoms with Crippen molar-refractivity contribution in [2.24, 2.45) is 0 Å². The number of carboxylic acids is 1. The van der Waals surface area contributed by atoms with Crippen LogP contribution in [-0.2, 0) is 24.5 Å². The van der Waals surface area contributed by atoms with Gasteiger partial charge in [-0.1, -0.05) is 13.3 Å². The van der Waals surface area contributed by atoms with Crippen molar-refractivity contribution in [3.8, 4) is 0 Å². The molecule has 2 N–H and O–H groups in total. The molecule has 1 saturated heterocycles. The highest BCUT2D eigenvalue weighted by molar-refractivity contribution is 7.87. The third-order valence-corrected chi connectivity index (χ3v) is 4.87. The number of nitrogens with zero attached hydrogens (tertiary/aromatic N) is 1. The predicted octanol–water partition coefficient (Wildman–Crippen LogP) is 0.102. The van der Waals surface area contributed by atoms with Gasteiger partial charge in [0.25, 0.3) is 10.2 Å². The molecule has 1 heterocycles. The van der Waals surface area contributed by atoms with Gasteiger partial charge in [0.15, 0.2) is 0 Å². The molecule has 122 valence electrons. The van der Waals surface area contributed by atoms with Crippen LogP contribution in [0.4, 0.5) is 0 Å². The summed E-state index contributed by atoms with van der Waals surface area (Å²) in [6.07, 6.45) is 1.63. The number of carbonyl (C=O) groups is 2. The smallest absolute Gasteiger partial charge is 0.324 e. The van der Waals surface area contributed by atoms with E-state index >= 15 is 0 Å². The van der Waals surface area contributed by atoms with E-state index < -0.39 is 34.2 Å². The van der Waals surface area contributed by atoms with Crippen molar-refractivity contribution in [1.82, 2.24) is 9.03 Å². The number of hydrogen-bond donors (Lipinski definition) is 2. The van der Waals surface area contributed by atoms with Crippen LogP contribution >= 0.6 is 0 Å². The van der Waals surface area contributed by atoms with Crippen LogP contribution in [-0.4, -0.2) is 55.0 Å². The van der Waals surface area contributed by atoms with E-state index in [-0.39, 0.29) is 19.6 Å². The molecule has 0 aromatic heterocycles. The topological polar surface area (TPSA) is 113 Å². The summed E-state index contributed by atoms with van der Waals surface area (Å²) in [7, 11) is -4.04. The van der Waals surface area contributed by atoms with Crippen LogP contribution in [0.2, 0.25) is 0 Å². The summed E-state index contributed by atoms with van der Waals surface area (Å²) in [5, 5.41) is 9.03. The molecular weight excluding hydrogens is 300 g/mol. The summed E-state index contributed by atoms with van der Waals surface area (Å²) in [6.45, 7) is 3.76. The molecule has 0 amide bonds. The van der Waals surface area contributed by atoms with E-state index in [9.17, 15) is 18.0 Å². The lowest BCUT2D eigenvalue weighted by atomic mass is 10.2. The van der Waals surface area contributed by atoms with E-state index in [0.717, 1.165) is 4.31 Å². The van der Waals surface area contributed by atoms with Gasteiger partial charge < -0.3 is 9.84 Å². The number of carbonyl (C=O) groups excluding carboxylic acids is 1. The summed E-state index contributed by atoms with van der Waals surface area (Å²) in [5.41, 5.74) is 0. The second-order valence-electron chi connectivity index (χ2n) is 4.82. The zero-order chi connectivity index (χ0) is 16.0. The normalized spacial score (nSPS) is 21.1. The number of hydrogen-bond acceptors (Lipinski definition) is 5. The highest BCUT2D eigenvalue weighted by atomic mass is 32.2. The predicted molar refractivity (Wildman–Crippen MR) is 74.7 cm³/mol. The molecule has 0 aromatic rings. The molecule has 0 bridgehead atoms. The molecule has 0 aliphatic carbocycles. The Labute approximate surface area is 124 Å². The molecular formula is C12H22N2O6S. The molecule has 1 fully saturated rings. The van der Waals surface area contributed by atoms with Crippen LogP contribution in [0.15, 0.2) is 0 Å². The van der Waals surface area contributed by atoms with E-state index in [1.54, 1.807) is 13.8 Å². The van der Waals surface area contributed by atoms with E-state index in [1.165, 1.54) is 0 Å². The zero-order valence-corrected chi connectivity index (χ0v) is 13.1. The third-order valence-electron chi connectivity index (χ3n) is 3.24. The second-order valence-corrected chi connectivity index (χ2v) is 6.48. The Hall–Kier alpha value is -1.19. The Morgan fingerprint density at radius 3 is 2.62 bits per heavy atom. The molecule has 0 spiro atoms. The Balaban J connectivity index is 2.85. The van der Waals surface area contributed by atoms with E-state index in [0.29, 0.717) is 19.3 Å². The number of esters is 1. The summed E-state index contributed by atoms with van der Waals surface area (Å²) in [6, 6.07) is -2.07. The Bertz CT molecular complexity index is 478. The minimum absolute atomic E-state index is 0.171. The van der Waals surface area contributed by atoms with Gasteiger partial charge >= 0.3 is 11.9 Å². The minimum Gasteiger partial charge on any atom is -0.480 e. The van der Waals surface area contributed by atoms with Crippen molar-refractivity contribution in [2.45, 2.75) is 51.6 Å². The largest absolute Gasteiger partial charge is 0.480 e. The van der Waals surface area contributed by atoms with Gasteiger partial charge in [-0.25, -0.2) is 0 Å². The van der Waals surface area contributed by atoms with E-state index in [1.807, 2.05) is 0 Å². The standard InChI is InChI=1S/C12H22N2O6S/c1-3-6-9(11(15)16)13-21(18,19)14-8-5-7-10(14)12(17)20-4-2/h9-10,13H,3-8H2,1-2H3,(H,15,16)/t9-,10?/m0/s1. The van der Waals surface area contributed by atoms with Crippen molar-refractivity contribution in [3.63, 3.8) is 0 Å². The average molecular weight is 322 g/mol. The summed E-state index contributed by atoms with van der Waals surface area (Å²) in [4.78, 5) is 22.8. The van der Waals surface area contributed by atoms with E-state index in [2.05, 4.69) is 4.72 Å². The first-order valence-corrected chi connectivity index (χ1v) is 8.46. The lowest BCUT2D eigenvalue weighted by Crippen LogP contribution is -2.51.